The van der Waals surface area contributed by atoms with Crippen LogP contribution in [0.15, 0.2) is 12.1 Å². The minimum atomic E-state index is -0.281. The molecule has 0 saturated heterocycles. The average Bonchev–Trinajstić information content (AvgIpc) is 2.91. The van der Waals surface area contributed by atoms with Gasteiger partial charge in [0.15, 0.2) is 0 Å². The van der Waals surface area contributed by atoms with Crippen LogP contribution >= 0.6 is 56.5 Å². The molecule has 4 rings (SSSR count). The van der Waals surface area contributed by atoms with E-state index in [0.717, 1.165) is 48.5 Å². The van der Waals surface area contributed by atoms with Crippen molar-refractivity contribution in [3.63, 3.8) is 0 Å². The smallest absolute Gasteiger partial charge is 0.256 e. The molecule has 1 aromatic carbocycles. The van der Waals surface area contributed by atoms with Crippen molar-refractivity contribution in [2.75, 3.05) is 26.0 Å². The summed E-state index contributed by atoms with van der Waals surface area (Å²) in [4.78, 5) is 16.4. The van der Waals surface area contributed by atoms with E-state index in [1.54, 1.807) is 18.4 Å². The molecule has 25 heavy (non-hydrogen) atoms. The molecule has 132 valence electrons. The predicted octanol–water partition coefficient (Wildman–Crippen LogP) is 3.81. The number of likely N-dealkylation sites (N-methyl/N-ethyl adjacent to an activating group) is 1. The third kappa shape index (κ3) is 3.15. The second-order valence-electron chi connectivity index (χ2n) is 6.26. The predicted molar refractivity (Wildman–Crippen MR) is 117 cm³/mol. The van der Waals surface area contributed by atoms with Crippen LogP contribution in [0.1, 0.15) is 32.5 Å². The maximum Gasteiger partial charge on any atom is 0.256 e. The summed E-state index contributed by atoms with van der Waals surface area (Å²) in [6, 6.07) is 4.13. The van der Waals surface area contributed by atoms with Crippen molar-refractivity contribution < 1.29 is 9.53 Å². The van der Waals surface area contributed by atoms with Gasteiger partial charge in [-0.25, -0.2) is 0 Å². The summed E-state index contributed by atoms with van der Waals surface area (Å²) < 4.78 is 7.75. The molecule has 1 atom stereocenters. The van der Waals surface area contributed by atoms with Crippen LogP contribution in [-0.4, -0.2) is 31.5 Å². The van der Waals surface area contributed by atoms with Crippen LogP contribution in [0.2, 0.25) is 0 Å². The number of methoxy groups -OCH3 is 1. The maximum absolute atomic E-state index is 12.9. The van der Waals surface area contributed by atoms with Gasteiger partial charge in [-0.2, -0.15) is 0 Å². The molecule has 0 aliphatic carbocycles. The van der Waals surface area contributed by atoms with Crippen molar-refractivity contribution in [1.29, 1.82) is 0 Å². The monoisotopic (exact) mass is 581 g/mol. The topological polar surface area (TPSA) is 53.6 Å². The molecule has 1 unspecified atom stereocenters. The number of thiophene rings is 1. The van der Waals surface area contributed by atoms with E-state index < -0.39 is 0 Å². The lowest BCUT2D eigenvalue weighted by atomic mass is 10.0. The Balaban J connectivity index is 1.75. The number of nitrogens with zero attached hydrogens (tertiary/aromatic N) is 1. The fourth-order valence-corrected chi connectivity index (χ4v) is 6.87. The molecule has 0 spiro atoms. The quantitative estimate of drug-likeness (QED) is 0.531. The Bertz CT molecular complexity index is 868. The Morgan fingerprint density at radius 3 is 2.88 bits per heavy atom. The molecular weight excluding hydrogens is 564 g/mol. The number of benzene rings is 1. The van der Waals surface area contributed by atoms with Crippen molar-refractivity contribution in [3.8, 4) is 5.75 Å². The van der Waals surface area contributed by atoms with Gasteiger partial charge in [0.25, 0.3) is 5.91 Å². The first kappa shape index (κ1) is 17.8. The van der Waals surface area contributed by atoms with Gasteiger partial charge in [-0.15, -0.1) is 11.3 Å². The third-order valence-corrected chi connectivity index (χ3v) is 7.15. The highest BCUT2D eigenvalue weighted by atomic mass is 127. The minimum Gasteiger partial charge on any atom is -0.495 e. The zero-order valence-corrected chi connectivity index (χ0v) is 18.9. The molecule has 0 radical (unpaired) electrons. The summed E-state index contributed by atoms with van der Waals surface area (Å²) in [5, 5.41) is 7.62. The number of carbonyl (C=O) groups excluding carboxylic acids is 1. The fraction of sp³-hybridized carbons (Fsp3) is 0.353. The van der Waals surface area contributed by atoms with Gasteiger partial charge in [-0.3, -0.25) is 4.79 Å². The first-order chi connectivity index (χ1) is 12.0. The molecular formula is C17H17I2N3O2S. The Kier molecular flexibility index (Phi) is 4.88. The van der Waals surface area contributed by atoms with Gasteiger partial charge in [-0.1, -0.05) is 0 Å². The molecule has 3 heterocycles. The largest absolute Gasteiger partial charge is 0.495 e. The highest BCUT2D eigenvalue weighted by molar-refractivity contribution is 14.1. The van der Waals surface area contributed by atoms with Crippen molar-refractivity contribution in [2.24, 2.45) is 0 Å². The van der Waals surface area contributed by atoms with Crippen LogP contribution in [0.25, 0.3) is 0 Å². The molecule has 5 nitrogen and oxygen atoms in total. The van der Waals surface area contributed by atoms with E-state index in [2.05, 4.69) is 79.9 Å². The van der Waals surface area contributed by atoms with E-state index in [1.807, 2.05) is 0 Å². The molecule has 2 aliphatic rings. The molecule has 0 bridgehead atoms. The number of nitrogens with one attached hydrogen (secondary N) is 2. The summed E-state index contributed by atoms with van der Waals surface area (Å²) in [5.74, 6) is 0.819. The van der Waals surface area contributed by atoms with E-state index in [0.29, 0.717) is 0 Å². The number of ether oxygens (including phenoxy) is 1. The maximum atomic E-state index is 12.9. The van der Waals surface area contributed by atoms with Crippen molar-refractivity contribution in [3.05, 3.63) is 40.8 Å². The number of hydrogen-bond acceptors (Lipinski definition) is 5. The minimum absolute atomic E-state index is 0.0109. The van der Waals surface area contributed by atoms with Crippen LogP contribution in [0.3, 0.4) is 0 Å². The highest BCUT2D eigenvalue weighted by Gasteiger charge is 2.34. The van der Waals surface area contributed by atoms with Crippen LogP contribution in [0, 0.1) is 7.14 Å². The average molecular weight is 581 g/mol. The molecule has 0 saturated carbocycles. The summed E-state index contributed by atoms with van der Waals surface area (Å²) in [7, 11) is 3.79. The van der Waals surface area contributed by atoms with E-state index in [9.17, 15) is 4.79 Å². The van der Waals surface area contributed by atoms with E-state index in [4.69, 9.17) is 4.74 Å². The zero-order chi connectivity index (χ0) is 17.7. The number of anilines is 1. The molecule has 2 aliphatic heterocycles. The van der Waals surface area contributed by atoms with Gasteiger partial charge < -0.3 is 20.3 Å². The fourth-order valence-electron chi connectivity index (χ4n) is 3.41. The number of fused-ring (bicyclic) bond motifs is 3. The van der Waals surface area contributed by atoms with Gasteiger partial charge in [0.05, 0.1) is 16.2 Å². The standard InChI is InChI=1S/C17H17I2N3O2S/c1-22-4-3-9-12(7-22)25-17-13(9)16(23)20-15(21-17)10-5-8(18)6-11(19)14(10)24-2/h5-6,15,21H,3-4,7H2,1-2H3,(H,20,23). The first-order valence-electron chi connectivity index (χ1n) is 7.91. The van der Waals surface area contributed by atoms with Gasteiger partial charge in [0, 0.05) is 27.1 Å². The van der Waals surface area contributed by atoms with Gasteiger partial charge in [0.1, 0.15) is 16.9 Å². The van der Waals surface area contributed by atoms with Crippen LogP contribution in [0.5, 0.6) is 5.75 Å². The normalized spacial score (nSPS) is 19.7. The summed E-state index contributed by atoms with van der Waals surface area (Å²) in [6.07, 6.45) is 0.651. The van der Waals surface area contributed by atoms with Crippen LogP contribution in [-0.2, 0) is 13.0 Å². The molecule has 2 aromatic rings. The number of rotatable bonds is 2. The van der Waals surface area contributed by atoms with Crippen LogP contribution in [0.4, 0.5) is 5.00 Å². The zero-order valence-electron chi connectivity index (χ0n) is 13.8. The van der Waals surface area contributed by atoms with E-state index in [1.165, 1.54) is 10.4 Å². The molecule has 1 amide bonds. The van der Waals surface area contributed by atoms with Crippen LogP contribution < -0.4 is 15.4 Å². The Morgan fingerprint density at radius 1 is 1.32 bits per heavy atom. The Labute approximate surface area is 177 Å². The van der Waals surface area contributed by atoms with Crippen molar-refractivity contribution in [2.45, 2.75) is 19.1 Å². The second kappa shape index (κ2) is 6.86. The molecule has 0 fully saturated rings. The van der Waals surface area contributed by atoms with Gasteiger partial charge in [0.2, 0.25) is 0 Å². The van der Waals surface area contributed by atoms with Gasteiger partial charge >= 0.3 is 0 Å². The SMILES string of the molecule is COc1c(I)cc(I)cc1C1NC(=O)c2c(sc3c2CCN(C)C3)N1. The summed E-state index contributed by atoms with van der Waals surface area (Å²) in [5.41, 5.74) is 3.01. The molecule has 8 heteroatoms. The number of carbonyl (C=O) groups is 1. The second-order valence-corrected chi connectivity index (χ2v) is 9.77. The van der Waals surface area contributed by atoms with E-state index in [-0.39, 0.29) is 12.1 Å². The summed E-state index contributed by atoms with van der Waals surface area (Å²) in [6.45, 7) is 1.91. The van der Waals surface area contributed by atoms with Crippen molar-refractivity contribution >= 4 is 67.4 Å². The molecule has 1 aromatic heterocycles. The number of halogens is 2. The first-order valence-corrected chi connectivity index (χ1v) is 10.9. The lowest BCUT2D eigenvalue weighted by Gasteiger charge is -2.28. The third-order valence-electron chi connectivity index (χ3n) is 4.58. The highest BCUT2D eigenvalue weighted by Crippen LogP contribution is 2.42. The Morgan fingerprint density at radius 2 is 2.12 bits per heavy atom. The van der Waals surface area contributed by atoms with Crippen molar-refractivity contribution in [1.82, 2.24) is 10.2 Å². The summed E-state index contributed by atoms with van der Waals surface area (Å²) >= 11 is 6.27. The number of hydrogen-bond donors (Lipinski definition) is 2. The van der Waals surface area contributed by atoms with E-state index >= 15 is 0 Å². The molecule has 2 N–H and O–H groups in total. The Hall–Kier alpha value is -0.590. The lowest BCUT2D eigenvalue weighted by molar-refractivity contribution is 0.0934. The van der Waals surface area contributed by atoms with Gasteiger partial charge in [-0.05, 0) is 76.3 Å². The lowest BCUT2D eigenvalue weighted by Crippen LogP contribution is -2.39. The number of amides is 1.